The minimum absolute atomic E-state index is 0.0285. The Hall–Kier alpha value is -4.29. The molecule has 2 amide bonds. The Labute approximate surface area is 207 Å². The minimum atomic E-state index is -0.910. The fourth-order valence-electron chi connectivity index (χ4n) is 3.88. The summed E-state index contributed by atoms with van der Waals surface area (Å²) in [4.78, 5) is 35.5. The van der Waals surface area contributed by atoms with E-state index in [1.807, 2.05) is 6.07 Å². The molecule has 4 heterocycles. The number of hydrogen-bond acceptors (Lipinski definition) is 6. The SMILES string of the molecule is CN1C(=O)C(NC(=O)c2cc(Cc3cccc(F)n3)ccn2)COc2ccc(C#CC3COC3)cc21. The summed E-state index contributed by atoms with van der Waals surface area (Å²) < 4.78 is 24.4. The molecule has 1 fully saturated rings. The van der Waals surface area contributed by atoms with Gasteiger partial charge in [-0.3, -0.25) is 14.6 Å². The predicted octanol–water partition coefficient (Wildman–Crippen LogP) is 2.36. The zero-order valence-electron chi connectivity index (χ0n) is 19.5. The molecule has 36 heavy (non-hydrogen) atoms. The van der Waals surface area contributed by atoms with Crippen LogP contribution in [0.4, 0.5) is 10.1 Å². The first kappa shape index (κ1) is 23.5. The molecule has 8 nitrogen and oxygen atoms in total. The third kappa shape index (κ3) is 5.19. The molecule has 182 valence electrons. The average Bonchev–Trinajstić information content (AvgIpc) is 2.95. The van der Waals surface area contributed by atoms with Gasteiger partial charge in [0.15, 0.2) is 0 Å². The number of fused-ring (bicyclic) bond motifs is 1. The number of anilines is 1. The van der Waals surface area contributed by atoms with Crippen molar-refractivity contribution in [1.82, 2.24) is 15.3 Å². The van der Waals surface area contributed by atoms with Crippen molar-refractivity contribution in [1.29, 1.82) is 0 Å². The summed E-state index contributed by atoms with van der Waals surface area (Å²) >= 11 is 0. The van der Waals surface area contributed by atoms with Crippen LogP contribution in [0.5, 0.6) is 5.75 Å². The number of nitrogens with zero attached hydrogens (tertiary/aromatic N) is 3. The van der Waals surface area contributed by atoms with Gasteiger partial charge in [0, 0.05) is 30.9 Å². The van der Waals surface area contributed by atoms with E-state index in [1.165, 1.54) is 17.2 Å². The Morgan fingerprint density at radius 1 is 1.19 bits per heavy atom. The van der Waals surface area contributed by atoms with Gasteiger partial charge in [0.2, 0.25) is 5.95 Å². The lowest BCUT2D eigenvalue weighted by Gasteiger charge is -2.21. The Bertz CT molecular complexity index is 1380. The highest BCUT2D eigenvalue weighted by atomic mass is 19.1. The Morgan fingerprint density at radius 3 is 2.83 bits per heavy atom. The summed E-state index contributed by atoms with van der Waals surface area (Å²) in [5, 5.41) is 2.73. The molecule has 0 aliphatic carbocycles. The molecule has 2 aliphatic rings. The Morgan fingerprint density at radius 2 is 2.06 bits per heavy atom. The number of carbonyl (C=O) groups is 2. The van der Waals surface area contributed by atoms with Crippen molar-refractivity contribution in [2.24, 2.45) is 5.92 Å². The van der Waals surface area contributed by atoms with Crippen LogP contribution in [0.1, 0.15) is 27.3 Å². The average molecular weight is 487 g/mol. The molecule has 9 heteroatoms. The number of benzene rings is 1. The third-order valence-electron chi connectivity index (χ3n) is 5.93. The molecular weight excluding hydrogens is 463 g/mol. The molecule has 1 saturated heterocycles. The van der Waals surface area contributed by atoms with Crippen LogP contribution < -0.4 is 15.0 Å². The van der Waals surface area contributed by atoms with Crippen LogP contribution in [0.2, 0.25) is 0 Å². The topological polar surface area (TPSA) is 93.7 Å². The number of pyridine rings is 2. The van der Waals surface area contributed by atoms with Crippen LogP contribution in [0.3, 0.4) is 0 Å². The third-order valence-corrected chi connectivity index (χ3v) is 5.93. The van der Waals surface area contributed by atoms with E-state index in [1.54, 1.807) is 43.4 Å². The number of amides is 2. The van der Waals surface area contributed by atoms with Gasteiger partial charge in [-0.05, 0) is 48.0 Å². The summed E-state index contributed by atoms with van der Waals surface area (Å²) in [7, 11) is 1.64. The van der Waals surface area contributed by atoms with Crippen LogP contribution in [0.15, 0.2) is 54.7 Å². The number of likely N-dealkylation sites (N-methyl/N-ethyl adjacent to an activating group) is 1. The van der Waals surface area contributed by atoms with E-state index in [4.69, 9.17) is 9.47 Å². The van der Waals surface area contributed by atoms with Gasteiger partial charge in [0.25, 0.3) is 11.8 Å². The normalized spacial score (nSPS) is 17.1. The highest BCUT2D eigenvalue weighted by Crippen LogP contribution is 2.31. The first-order chi connectivity index (χ1) is 17.5. The molecular formula is C27H23FN4O4. The number of rotatable bonds is 4. The summed E-state index contributed by atoms with van der Waals surface area (Å²) in [5.74, 6) is 5.63. The van der Waals surface area contributed by atoms with Gasteiger partial charge in [-0.15, -0.1) is 0 Å². The highest BCUT2D eigenvalue weighted by molar-refractivity contribution is 6.03. The molecule has 0 saturated carbocycles. The van der Waals surface area contributed by atoms with E-state index < -0.39 is 17.9 Å². The molecule has 0 spiro atoms. The monoisotopic (exact) mass is 486 g/mol. The van der Waals surface area contributed by atoms with Gasteiger partial charge in [-0.2, -0.15) is 4.39 Å². The smallest absolute Gasteiger partial charge is 0.270 e. The quantitative estimate of drug-likeness (QED) is 0.450. The van der Waals surface area contributed by atoms with Crippen molar-refractivity contribution in [3.05, 3.63) is 83.2 Å². The van der Waals surface area contributed by atoms with Gasteiger partial charge in [0.05, 0.1) is 24.8 Å². The van der Waals surface area contributed by atoms with Crippen LogP contribution in [-0.2, 0) is 16.0 Å². The van der Waals surface area contributed by atoms with E-state index in [9.17, 15) is 14.0 Å². The Kier molecular flexibility index (Phi) is 6.60. The first-order valence-electron chi connectivity index (χ1n) is 11.5. The van der Waals surface area contributed by atoms with E-state index in [-0.39, 0.29) is 24.1 Å². The summed E-state index contributed by atoms with van der Waals surface area (Å²) in [5.41, 5.74) is 2.75. The number of hydrogen-bond donors (Lipinski definition) is 1. The standard InChI is InChI=1S/C27H23FN4O4/c1-32-23-13-17(5-6-19-14-35-15-19)7-8-24(23)36-16-22(27(32)34)31-26(33)21-12-18(9-10-29-21)11-20-3-2-4-25(28)30-20/h2-4,7-10,12-13,19,22H,11,14-16H2,1H3,(H,31,33). The first-order valence-corrected chi connectivity index (χ1v) is 11.5. The van der Waals surface area contributed by atoms with Gasteiger partial charge in [0.1, 0.15) is 24.1 Å². The van der Waals surface area contributed by atoms with Gasteiger partial charge >= 0.3 is 0 Å². The largest absolute Gasteiger partial charge is 0.489 e. The number of nitrogens with one attached hydrogen (secondary N) is 1. The maximum atomic E-state index is 13.4. The van der Waals surface area contributed by atoms with Crippen molar-refractivity contribution in [2.75, 3.05) is 31.8 Å². The number of aromatic nitrogens is 2. The zero-order chi connectivity index (χ0) is 25.1. The van der Waals surface area contributed by atoms with Gasteiger partial charge in [-0.1, -0.05) is 17.9 Å². The van der Waals surface area contributed by atoms with Crippen molar-refractivity contribution in [3.63, 3.8) is 0 Å². The number of carbonyl (C=O) groups excluding carboxylic acids is 2. The van der Waals surface area contributed by atoms with Crippen LogP contribution >= 0.6 is 0 Å². The highest BCUT2D eigenvalue weighted by Gasteiger charge is 2.31. The molecule has 1 unspecified atom stereocenters. The Balaban J connectivity index is 1.28. The zero-order valence-corrected chi connectivity index (χ0v) is 19.5. The lowest BCUT2D eigenvalue weighted by atomic mass is 10.1. The summed E-state index contributed by atoms with van der Waals surface area (Å²) in [6, 6.07) is 12.4. The fourth-order valence-corrected chi connectivity index (χ4v) is 3.88. The van der Waals surface area contributed by atoms with E-state index >= 15 is 0 Å². The molecule has 1 aromatic carbocycles. The van der Waals surface area contributed by atoms with Crippen molar-refractivity contribution in [2.45, 2.75) is 12.5 Å². The van der Waals surface area contributed by atoms with Crippen LogP contribution in [0.25, 0.3) is 0 Å². The molecule has 2 aromatic heterocycles. The molecule has 5 rings (SSSR count). The second kappa shape index (κ2) is 10.1. The lowest BCUT2D eigenvalue weighted by molar-refractivity contribution is -0.120. The minimum Gasteiger partial charge on any atom is -0.489 e. The molecule has 2 aliphatic heterocycles. The molecule has 1 atom stereocenters. The summed E-state index contributed by atoms with van der Waals surface area (Å²) in [6.45, 7) is 1.25. The van der Waals surface area contributed by atoms with Crippen LogP contribution in [-0.4, -0.2) is 54.7 Å². The lowest BCUT2D eigenvalue weighted by Crippen LogP contribution is -2.49. The maximum Gasteiger partial charge on any atom is 0.270 e. The predicted molar refractivity (Wildman–Crippen MR) is 129 cm³/mol. The fraction of sp³-hybridized carbons (Fsp3) is 0.259. The number of halogens is 1. The van der Waals surface area contributed by atoms with E-state index in [0.717, 1.165) is 11.1 Å². The van der Waals surface area contributed by atoms with Crippen LogP contribution in [0, 0.1) is 23.7 Å². The van der Waals surface area contributed by atoms with Crippen molar-refractivity contribution >= 4 is 17.5 Å². The number of ether oxygens (including phenoxy) is 2. The maximum absolute atomic E-state index is 13.4. The van der Waals surface area contributed by atoms with Crippen molar-refractivity contribution < 1.29 is 23.5 Å². The van der Waals surface area contributed by atoms with Gasteiger partial charge in [-0.25, -0.2) is 4.98 Å². The molecule has 1 N–H and O–H groups in total. The summed E-state index contributed by atoms with van der Waals surface area (Å²) in [6.07, 6.45) is 1.83. The van der Waals surface area contributed by atoms with E-state index in [0.29, 0.717) is 36.8 Å². The second-order valence-corrected chi connectivity index (χ2v) is 8.60. The molecule has 0 radical (unpaired) electrons. The molecule has 0 bridgehead atoms. The van der Waals surface area contributed by atoms with E-state index in [2.05, 4.69) is 27.1 Å². The second-order valence-electron chi connectivity index (χ2n) is 8.60. The van der Waals surface area contributed by atoms with Gasteiger partial charge < -0.3 is 19.7 Å². The molecule has 3 aromatic rings. The van der Waals surface area contributed by atoms with Crippen molar-refractivity contribution in [3.8, 4) is 17.6 Å².